The average molecular weight is 209 g/mol. The van der Waals surface area contributed by atoms with Crippen molar-refractivity contribution in [1.82, 2.24) is 4.90 Å². The van der Waals surface area contributed by atoms with Crippen molar-refractivity contribution in [2.24, 2.45) is 0 Å². The number of hydrogen-bond donors (Lipinski definition) is 2. The molecule has 1 rings (SSSR count). The Morgan fingerprint density at radius 2 is 2.07 bits per heavy atom. The summed E-state index contributed by atoms with van der Waals surface area (Å²) in [5.74, 6) is -0.339. The normalized spacial score (nSPS) is 12.2. The van der Waals surface area contributed by atoms with Crippen LogP contribution in [0.1, 0.15) is 17.3 Å². The fraction of sp³-hybridized carbons (Fsp3) is 0.364. The van der Waals surface area contributed by atoms with Gasteiger partial charge in [-0.05, 0) is 19.1 Å². The predicted molar refractivity (Wildman–Crippen MR) is 56.7 cm³/mol. The number of carbonyl (C=O) groups is 1. The largest absolute Gasteiger partial charge is 0.507 e. The van der Waals surface area contributed by atoms with Gasteiger partial charge in [0.15, 0.2) is 0 Å². The van der Waals surface area contributed by atoms with Gasteiger partial charge < -0.3 is 15.1 Å². The predicted octanol–water partition coefficient (Wildman–Crippen LogP) is 0.845. The van der Waals surface area contributed by atoms with Crippen molar-refractivity contribution in [2.45, 2.75) is 13.0 Å². The van der Waals surface area contributed by atoms with Crippen LogP contribution in [-0.2, 0) is 0 Å². The molecule has 2 N–H and O–H groups in total. The zero-order valence-corrected chi connectivity index (χ0v) is 8.84. The Hall–Kier alpha value is -1.55. The molecule has 0 saturated carbocycles. The third-order valence-corrected chi connectivity index (χ3v) is 2.38. The summed E-state index contributed by atoms with van der Waals surface area (Å²) >= 11 is 0. The molecule has 15 heavy (non-hydrogen) atoms. The van der Waals surface area contributed by atoms with Crippen molar-refractivity contribution in [1.29, 1.82) is 0 Å². The molecule has 0 aromatic heterocycles. The molecule has 1 atom stereocenters. The van der Waals surface area contributed by atoms with Crippen molar-refractivity contribution in [3.63, 3.8) is 0 Å². The molecule has 0 fully saturated rings. The van der Waals surface area contributed by atoms with Crippen molar-refractivity contribution < 1.29 is 15.0 Å². The highest BCUT2D eigenvalue weighted by Crippen LogP contribution is 2.17. The van der Waals surface area contributed by atoms with Gasteiger partial charge in [-0.3, -0.25) is 4.79 Å². The monoisotopic (exact) mass is 209 g/mol. The number of phenolic OH excluding ortho intramolecular Hbond substituents is 1. The summed E-state index contributed by atoms with van der Waals surface area (Å²) in [6.45, 7) is 1.63. The number of rotatable bonds is 3. The second-order valence-electron chi connectivity index (χ2n) is 3.46. The van der Waals surface area contributed by atoms with Gasteiger partial charge in [0.2, 0.25) is 0 Å². The van der Waals surface area contributed by atoms with E-state index < -0.39 is 0 Å². The van der Waals surface area contributed by atoms with Crippen LogP contribution < -0.4 is 0 Å². The van der Waals surface area contributed by atoms with Gasteiger partial charge in [-0.25, -0.2) is 0 Å². The fourth-order valence-electron chi connectivity index (χ4n) is 1.17. The molecule has 1 aromatic carbocycles. The van der Waals surface area contributed by atoms with Gasteiger partial charge in [0.1, 0.15) is 5.75 Å². The number of likely N-dealkylation sites (N-methyl/N-ethyl adjacent to an activating group) is 1. The summed E-state index contributed by atoms with van der Waals surface area (Å²) < 4.78 is 0. The molecular weight excluding hydrogens is 194 g/mol. The second-order valence-corrected chi connectivity index (χ2v) is 3.46. The Morgan fingerprint density at radius 1 is 1.47 bits per heavy atom. The number of aromatic hydroxyl groups is 1. The lowest BCUT2D eigenvalue weighted by Gasteiger charge is -2.23. The van der Waals surface area contributed by atoms with Gasteiger partial charge in [-0.1, -0.05) is 12.1 Å². The summed E-state index contributed by atoms with van der Waals surface area (Å²) in [4.78, 5) is 13.2. The van der Waals surface area contributed by atoms with Crippen LogP contribution in [0.3, 0.4) is 0 Å². The molecule has 0 aliphatic rings. The lowest BCUT2D eigenvalue weighted by atomic mass is 10.1. The molecule has 0 aliphatic carbocycles. The lowest BCUT2D eigenvalue weighted by Crippen LogP contribution is -2.37. The Labute approximate surface area is 88.8 Å². The van der Waals surface area contributed by atoms with E-state index in [-0.39, 0.29) is 29.9 Å². The van der Waals surface area contributed by atoms with Gasteiger partial charge in [0, 0.05) is 7.05 Å². The number of amides is 1. The summed E-state index contributed by atoms with van der Waals surface area (Å²) in [5, 5.41) is 18.4. The SMILES string of the molecule is CC(CO)N(C)C(=O)c1ccccc1O. The minimum absolute atomic E-state index is 0.0421. The Bertz CT molecular complexity index is 351. The van der Waals surface area contributed by atoms with Crippen LogP contribution in [0.15, 0.2) is 24.3 Å². The van der Waals surface area contributed by atoms with E-state index in [1.54, 1.807) is 32.2 Å². The van der Waals surface area contributed by atoms with E-state index in [9.17, 15) is 9.90 Å². The minimum atomic E-state index is -0.297. The third-order valence-electron chi connectivity index (χ3n) is 2.38. The number of carbonyl (C=O) groups excluding carboxylic acids is 1. The van der Waals surface area contributed by atoms with Crippen molar-refractivity contribution >= 4 is 5.91 Å². The van der Waals surface area contributed by atoms with Crippen LogP contribution in [0, 0.1) is 0 Å². The molecule has 4 nitrogen and oxygen atoms in total. The second kappa shape index (κ2) is 4.79. The molecule has 0 spiro atoms. The summed E-state index contributed by atoms with van der Waals surface area (Å²) in [6, 6.07) is 6.09. The first-order valence-corrected chi connectivity index (χ1v) is 4.74. The van der Waals surface area contributed by atoms with E-state index in [4.69, 9.17) is 5.11 Å². The molecule has 0 aliphatic heterocycles. The molecule has 1 amide bonds. The van der Waals surface area contributed by atoms with Gasteiger partial charge in [-0.2, -0.15) is 0 Å². The van der Waals surface area contributed by atoms with Gasteiger partial charge in [0.25, 0.3) is 5.91 Å². The molecule has 1 unspecified atom stereocenters. The first kappa shape index (κ1) is 11.5. The van der Waals surface area contributed by atoms with Crippen LogP contribution in [0.4, 0.5) is 0 Å². The van der Waals surface area contributed by atoms with Crippen LogP contribution in [-0.4, -0.2) is 40.7 Å². The van der Waals surface area contributed by atoms with E-state index in [1.807, 2.05) is 0 Å². The molecule has 0 saturated heterocycles. The molecule has 4 heteroatoms. The molecule has 0 heterocycles. The maximum absolute atomic E-state index is 11.8. The van der Waals surface area contributed by atoms with Gasteiger partial charge in [0.05, 0.1) is 18.2 Å². The number of para-hydroxylation sites is 1. The molecule has 0 radical (unpaired) electrons. The van der Waals surface area contributed by atoms with Gasteiger partial charge in [-0.15, -0.1) is 0 Å². The summed E-state index contributed by atoms with van der Waals surface area (Å²) in [5.41, 5.74) is 0.250. The highest BCUT2D eigenvalue weighted by Gasteiger charge is 2.18. The van der Waals surface area contributed by atoms with Crippen molar-refractivity contribution in [2.75, 3.05) is 13.7 Å². The lowest BCUT2D eigenvalue weighted by molar-refractivity contribution is 0.0679. The molecule has 1 aromatic rings. The van der Waals surface area contributed by atoms with Crippen molar-refractivity contribution in [3.8, 4) is 5.75 Å². The number of phenols is 1. The highest BCUT2D eigenvalue weighted by molar-refractivity contribution is 5.96. The topological polar surface area (TPSA) is 60.8 Å². The van der Waals surface area contributed by atoms with E-state index in [0.717, 1.165) is 0 Å². The fourth-order valence-corrected chi connectivity index (χ4v) is 1.17. The quantitative estimate of drug-likeness (QED) is 0.775. The first-order valence-electron chi connectivity index (χ1n) is 4.74. The minimum Gasteiger partial charge on any atom is -0.507 e. The van der Waals surface area contributed by atoms with Crippen LogP contribution >= 0.6 is 0 Å². The van der Waals surface area contributed by atoms with Crippen LogP contribution in [0.2, 0.25) is 0 Å². The Morgan fingerprint density at radius 3 is 2.60 bits per heavy atom. The maximum Gasteiger partial charge on any atom is 0.257 e. The number of nitrogens with zero attached hydrogens (tertiary/aromatic N) is 1. The summed E-state index contributed by atoms with van der Waals surface area (Å²) in [6.07, 6.45) is 0. The van der Waals surface area contributed by atoms with E-state index in [1.165, 1.54) is 11.0 Å². The Kier molecular flexibility index (Phi) is 3.68. The zero-order chi connectivity index (χ0) is 11.4. The average Bonchev–Trinajstić information content (AvgIpc) is 2.26. The highest BCUT2D eigenvalue weighted by atomic mass is 16.3. The number of aliphatic hydroxyl groups is 1. The third kappa shape index (κ3) is 2.47. The molecule has 82 valence electrons. The molecule has 0 bridgehead atoms. The molecular formula is C11H15NO3. The van der Waals surface area contributed by atoms with Crippen LogP contribution in [0.25, 0.3) is 0 Å². The standard InChI is InChI=1S/C11H15NO3/c1-8(7-13)12(2)11(15)9-5-3-4-6-10(9)14/h3-6,8,13-14H,7H2,1-2H3. The number of hydrogen-bond acceptors (Lipinski definition) is 3. The van der Waals surface area contributed by atoms with Crippen molar-refractivity contribution in [3.05, 3.63) is 29.8 Å². The Balaban J connectivity index is 2.90. The van der Waals surface area contributed by atoms with E-state index >= 15 is 0 Å². The smallest absolute Gasteiger partial charge is 0.257 e. The van der Waals surface area contributed by atoms with Gasteiger partial charge >= 0.3 is 0 Å². The van der Waals surface area contributed by atoms with Crippen LogP contribution in [0.5, 0.6) is 5.75 Å². The first-order chi connectivity index (χ1) is 7.07. The zero-order valence-electron chi connectivity index (χ0n) is 8.84. The number of aliphatic hydroxyl groups excluding tert-OH is 1. The van der Waals surface area contributed by atoms with E-state index in [0.29, 0.717) is 0 Å². The van der Waals surface area contributed by atoms with E-state index in [2.05, 4.69) is 0 Å². The summed E-state index contributed by atoms with van der Waals surface area (Å²) in [7, 11) is 1.59. The maximum atomic E-state index is 11.8. The number of benzene rings is 1.